The van der Waals surface area contributed by atoms with Gasteiger partial charge in [-0.15, -0.1) is 11.3 Å². The summed E-state index contributed by atoms with van der Waals surface area (Å²) in [5, 5.41) is 0.663. The molecule has 2 saturated carbocycles. The van der Waals surface area contributed by atoms with Crippen molar-refractivity contribution in [1.82, 2.24) is 0 Å². The molecule has 16 heavy (non-hydrogen) atoms. The maximum atomic E-state index is 12.3. The summed E-state index contributed by atoms with van der Waals surface area (Å²) in [7, 11) is 0. The second kappa shape index (κ2) is 4.11. The smallest absolute Gasteiger partial charge is 0.176 e. The molecule has 0 saturated heterocycles. The number of fused-ring (bicyclic) bond motifs is 2. The number of Topliss-reactive ketones (excluding diaryl/α,β-unsaturated/α-hetero) is 1. The molecular weight excluding hydrogens is 308 g/mol. The average Bonchev–Trinajstić information content (AvgIpc) is 2.94. The Morgan fingerprint density at radius 3 is 2.75 bits per heavy atom. The van der Waals surface area contributed by atoms with Crippen LogP contribution in [0.1, 0.15) is 35.4 Å². The van der Waals surface area contributed by atoms with Gasteiger partial charge >= 0.3 is 0 Å². The van der Waals surface area contributed by atoms with Gasteiger partial charge in [-0.05, 0) is 53.1 Å². The number of carbonyl (C=O) groups excluding carboxylic acids is 1. The Hall–Kier alpha value is 0.140. The fourth-order valence-electron chi connectivity index (χ4n) is 3.22. The lowest BCUT2D eigenvalue weighted by atomic mass is 9.85. The number of hydrogen-bond acceptors (Lipinski definition) is 2. The maximum Gasteiger partial charge on any atom is 0.176 e. The van der Waals surface area contributed by atoms with Gasteiger partial charge in [-0.25, -0.2) is 0 Å². The zero-order chi connectivity index (χ0) is 11.3. The molecule has 3 rings (SSSR count). The van der Waals surface area contributed by atoms with Gasteiger partial charge in [-0.2, -0.15) is 0 Å². The predicted octanol–water partition coefficient (Wildman–Crippen LogP) is 4.78. The quantitative estimate of drug-likeness (QED) is 0.717. The molecule has 2 aliphatic rings. The van der Waals surface area contributed by atoms with Crippen LogP contribution in [0.15, 0.2) is 9.85 Å². The minimum absolute atomic E-state index is 0.278. The summed E-state index contributed by atoms with van der Waals surface area (Å²) in [6.07, 6.45) is 4.97. The lowest BCUT2D eigenvalue weighted by molar-refractivity contribution is 0.0879. The first-order valence-corrected chi connectivity index (χ1v) is 7.63. The Morgan fingerprint density at radius 1 is 1.44 bits per heavy atom. The first kappa shape index (κ1) is 11.2. The van der Waals surface area contributed by atoms with Gasteiger partial charge in [-0.3, -0.25) is 4.79 Å². The maximum absolute atomic E-state index is 12.3. The van der Waals surface area contributed by atoms with E-state index in [2.05, 4.69) is 15.9 Å². The fraction of sp³-hybridized carbons (Fsp3) is 0.583. The van der Waals surface area contributed by atoms with Crippen molar-refractivity contribution in [2.24, 2.45) is 17.8 Å². The Morgan fingerprint density at radius 2 is 2.25 bits per heavy atom. The molecule has 0 aliphatic heterocycles. The molecule has 4 heteroatoms. The summed E-state index contributed by atoms with van der Waals surface area (Å²) in [5.74, 6) is 2.07. The summed E-state index contributed by atoms with van der Waals surface area (Å²) in [6, 6.07) is 1.81. The van der Waals surface area contributed by atoms with E-state index >= 15 is 0 Å². The molecule has 2 aliphatic carbocycles. The van der Waals surface area contributed by atoms with E-state index < -0.39 is 0 Å². The Bertz CT molecular complexity index is 423. The fourth-order valence-corrected chi connectivity index (χ4v) is 4.92. The second-order valence-corrected chi connectivity index (χ2v) is 7.66. The van der Waals surface area contributed by atoms with E-state index in [4.69, 9.17) is 11.6 Å². The molecule has 0 radical (unpaired) electrons. The Kier molecular flexibility index (Phi) is 2.89. The zero-order valence-corrected chi connectivity index (χ0v) is 11.9. The molecule has 86 valence electrons. The van der Waals surface area contributed by atoms with Crippen LogP contribution in [0.2, 0.25) is 5.02 Å². The Balaban J connectivity index is 1.83. The molecule has 3 atom stereocenters. The molecule has 1 aromatic heterocycles. The van der Waals surface area contributed by atoms with Crippen LogP contribution in [0.3, 0.4) is 0 Å². The third-order valence-corrected chi connectivity index (χ3v) is 6.45. The standard InChI is InChI=1S/C12H12BrClOS/c13-12-9(14)5-10(16-12)11(15)8-4-6-1-2-7(8)3-6/h5-8H,1-4H2. The van der Waals surface area contributed by atoms with Crippen molar-refractivity contribution in [3.8, 4) is 0 Å². The van der Waals surface area contributed by atoms with E-state index in [-0.39, 0.29) is 5.92 Å². The number of ketones is 1. The average molecular weight is 320 g/mol. The SMILES string of the molecule is O=C(c1cc(Cl)c(Br)s1)C1CC2CCC1C2. The van der Waals surface area contributed by atoms with Gasteiger partial charge in [0.05, 0.1) is 13.7 Å². The highest BCUT2D eigenvalue weighted by atomic mass is 79.9. The predicted molar refractivity (Wildman–Crippen MR) is 70.3 cm³/mol. The first-order chi connectivity index (χ1) is 7.65. The van der Waals surface area contributed by atoms with Crippen molar-refractivity contribution in [2.45, 2.75) is 25.7 Å². The minimum atomic E-state index is 0.278. The van der Waals surface area contributed by atoms with E-state index in [1.165, 1.54) is 30.6 Å². The number of thiophene rings is 1. The molecule has 2 fully saturated rings. The molecule has 1 aromatic rings. The number of hydrogen-bond donors (Lipinski definition) is 0. The van der Waals surface area contributed by atoms with E-state index in [1.54, 1.807) is 0 Å². The molecule has 0 spiro atoms. The van der Waals surface area contributed by atoms with Gasteiger partial charge in [0.15, 0.2) is 5.78 Å². The lowest BCUT2D eigenvalue weighted by Crippen LogP contribution is -2.20. The highest BCUT2D eigenvalue weighted by Crippen LogP contribution is 2.50. The molecular formula is C12H12BrClOS. The van der Waals surface area contributed by atoms with Crippen molar-refractivity contribution in [3.63, 3.8) is 0 Å². The van der Waals surface area contributed by atoms with Crippen LogP contribution in [0.5, 0.6) is 0 Å². The van der Waals surface area contributed by atoms with Gasteiger partial charge in [0, 0.05) is 5.92 Å². The highest BCUT2D eigenvalue weighted by molar-refractivity contribution is 9.11. The van der Waals surface area contributed by atoms with Gasteiger partial charge < -0.3 is 0 Å². The number of halogens is 2. The van der Waals surface area contributed by atoms with Gasteiger partial charge in [0.1, 0.15) is 0 Å². The van der Waals surface area contributed by atoms with Crippen LogP contribution < -0.4 is 0 Å². The van der Waals surface area contributed by atoms with Gasteiger partial charge in [0.25, 0.3) is 0 Å². The molecule has 0 amide bonds. The third kappa shape index (κ3) is 1.77. The minimum Gasteiger partial charge on any atom is -0.293 e. The third-order valence-electron chi connectivity index (χ3n) is 3.96. The summed E-state index contributed by atoms with van der Waals surface area (Å²) < 4.78 is 0.876. The number of rotatable bonds is 2. The van der Waals surface area contributed by atoms with Crippen molar-refractivity contribution in [1.29, 1.82) is 0 Å². The summed E-state index contributed by atoms with van der Waals surface area (Å²) in [4.78, 5) is 13.2. The van der Waals surface area contributed by atoms with Gasteiger partial charge in [0.2, 0.25) is 0 Å². The van der Waals surface area contributed by atoms with Crippen molar-refractivity contribution < 1.29 is 4.79 Å². The molecule has 2 bridgehead atoms. The lowest BCUT2D eigenvalue weighted by Gasteiger charge is -2.19. The number of carbonyl (C=O) groups is 1. The van der Waals surface area contributed by atoms with Crippen molar-refractivity contribution >= 4 is 44.7 Å². The molecule has 0 aromatic carbocycles. The van der Waals surface area contributed by atoms with Crippen LogP contribution in [0.4, 0.5) is 0 Å². The van der Waals surface area contributed by atoms with Crippen LogP contribution in [-0.4, -0.2) is 5.78 Å². The van der Waals surface area contributed by atoms with Crippen LogP contribution in [-0.2, 0) is 0 Å². The molecule has 3 unspecified atom stereocenters. The summed E-state index contributed by atoms with van der Waals surface area (Å²) >= 11 is 10.8. The second-order valence-electron chi connectivity index (χ2n) is 4.88. The van der Waals surface area contributed by atoms with Gasteiger partial charge in [-0.1, -0.05) is 18.0 Å². The van der Waals surface area contributed by atoms with Crippen LogP contribution >= 0.6 is 38.9 Å². The molecule has 0 N–H and O–H groups in total. The van der Waals surface area contributed by atoms with E-state index in [1.807, 2.05) is 6.07 Å². The van der Waals surface area contributed by atoms with E-state index in [0.717, 1.165) is 21.0 Å². The summed E-state index contributed by atoms with van der Waals surface area (Å²) in [6.45, 7) is 0. The largest absolute Gasteiger partial charge is 0.293 e. The zero-order valence-electron chi connectivity index (χ0n) is 8.71. The summed E-state index contributed by atoms with van der Waals surface area (Å²) in [5.41, 5.74) is 0. The topological polar surface area (TPSA) is 17.1 Å². The van der Waals surface area contributed by atoms with Crippen LogP contribution in [0, 0.1) is 17.8 Å². The van der Waals surface area contributed by atoms with E-state index in [0.29, 0.717) is 16.7 Å². The normalized spacial score (nSPS) is 32.2. The molecule has 1 heterocycles. The monoisotopic (exact) mass is 318 g/mol. The first-order valence-electron chi connectivity index (χ1n) is 5.64. The van der Waals surface area contributed by atoms with Crippen LogP contribution in [0.25, 0.3) is 0 Å². The Labute approximate surface area is 112 Å². The van der Waals surface area contributed by atoms with Crippen molar-refractivity contribution in [2.75, 3.05) is 0 Å². The molecule has 1 nitrogen and oxygen atoms in total. The van der Waals surface area contributed by atoms with E-state index in [9.17, 15) is 4.79 Å². The highest BCUT2D eigenvalue weighted by Gasteiger charge is 2.43. The van der Waals surface area contributed by atoms with Crippen molar-refractivity contribution in [3.05, 3.63) is 19.8 Å².